The lowest BCUT2D eigenvalue weighted by Gasteiger charge is -2.22. The van der Waals surface area contributed by atoms with Crippen LogP contribution in [0.1, 0.15) is 20.8 Å². The molecule has 0 fully saturated rings. The molecule has 31 heavy (non-hydrogen) atoms. The molecule has 7 nitrogen and oxygen atoms in total. The summed E-state index contributed by atoms with van der Waals surface area (Å²) in [6, 6.07) is 19.5. The molecular formula is C23H26N4O3S. The Balaban J connectivity index is 1.75. The largest absolute Gasteiger partial charge is 0.459 e. The number of amides is 1. The molecule has 2 aromatic carbocycles. The SMILES string of the molecule is CN(CC(=O)OC(C)(C)C)C(=O)CSc1nnc(-c2ccccc2)n1-c1ccccc1. The number of aromatic nitrogens is 3. The van der Waals surface area contributed by atoms with Crippen molar-refractivity contribution in [1.29, 1.82) is 0 Å². The highest BCUT2D eigenvalue weighted by molar-refractivity contribution is 7.99. The smallest absolute Gasteiger partial charge is 0.326 e. The number of ether oxygens (including phenoxy) is 1. The number of rotatable bonds is 7. The van der Waals surface area contributed by atoms with Gasteiger partial charge in [-0.2, -0.15) is 0 Å². The van der Waals surface area contributed by atoms with Crippen molar-refractivity contribution in [1.82, 2.24) is 19.7 Å². The van der Waals surface area contributed by atoms with Crippen molar-refractivity contribution in [3.05, 3.63) is 60.7 Å². The van der Waals surface area contributed by atoms with E-state index in [1.165, 1.54) is 16.7 Å². The Morgan fingerprint density at radius 3 is 2.23 bits per heavy atom. The number of benzene rings is 2. The molecular weight excluding hydrogens is 412 g/mol. The predicted molar refractivity (Wildman–Crippen MR) is 121 cm³/mol. The Kier molecular flexibility index (Phi) is 7.12. The minimum Gasteiger partial charge on any atom is -0.459 e. The molecule has 1 heterocycles. The molecule has 3 rings (SSSR count). The molecule has 162 valence electrons. The van der Waals surface area contributed by atoms with Crippen molar-refractivity contribution in [2.75, 3.05) is 19.3 Å². The van der Waals surface area contributed by atoms with Gasteiger partial charge in [0.1, 0.15) is 12.1 Å². The van der Waals surface area contributed by atoms with E-state index < -0.39 is 11.6 Å². The molecule has 0 bridgehead atoms. The lowest BCUT2D eigenvalue weighted by Crippen LogP contribution is -2.37. The normalized spacial score (nSPS) is 11.2. The summed E-state index contributed by atoms with van der Waals surface area (Å²) in [5.74, 6) is 0.190. The average Bonchev–Trinajstić information content (AvgIpc) is 3.15. The number of carbonyl (C=O) groups excluding carboxylic acids is 2. The molecule has 0 aliphatic rings. The van der Waals surface area contributed by atoms with E-state index in [4.69, 9.17) is 4.74 Å². The van der Waals surface area contributed by atoms with Crippen molar-refractivity contribution in [2.45, 2.75) is 31.5 Å². The summed E-state index contributed by atoms with van der Waals surface area (Å²) >= 11 is 1.28. The first-order chi connectivity index (χ1) is 14.7. The van der Waals surface area contributed by atoms with Crippen LogP contribution in [0.5, 0.6) is 0 Å². The van der Waals surface area contributed by atoms with E-state index >= 15 is 0 Å². The van der Waals surface area contributed by atoms with Crippen LogP contribution in [0.3, 0.4) is 0 Å². The van der Waals surface area contributed by atoms with E-state index in [2.05, 4.69) is 10.2 Å². The highest BCUT2D eigenvalue weighted by atomic mass is 32.2. The summed E-state index contributed by atoms with van der Waals surface area (Å²) < 4.78 is 7.22. The second-order valence-electron chi connectivity index (χ2n) is 7.97. The van der Waals surface area contributed by atoms with Gasteiger partial charge in [-0.05, 0) is 32.9 Å². The van der Waals surface area contributed by atoms with Crippen LogP contribution < -0.4 is 0 Å². The van der Waals surface area contributed by atoms with Crippen LogP contribution in [0.4, 0.5) is 0 Å². The maximum Gasteiger partial charge on any atom is 0.326 e. The number of hydrogen-bond donors (Lipinski definition) is 0. The van der Waals surface area contributed by atoms with Gasteiger partial charge in [0.25, 0.3) is 0 Å². The molecule has 0 aliphatic heterocycles. The van der Waals surface area contributed by atoms with Gasteiger partial charge >= 0.3 is 5.97 Å². The van der Waals surface area contributed by atoms with Crippen LogP contribution >= 0.6 is 11.8 Å². The van der Waals surface area contributed by atoms with Gasteiger partial charge in [0.15, 0.2) is 11.0 Å². The number of likely N-dealkylation sites (N-methyl/N-ethyl adjacent to an activating group) is 1. The zero-order valence-corrected chi connectivity index (χ0v) is 18.9. The first-order valence-electron chi connectivity index (χ1n) is 9.89. The fourth-order valence-electron chi connectivity index (χ4n) is 2.84. The third kappa shape index (κ3) is 6.18. The van der Waals surface area contributed by atoms with E-state index in [0.717, 1.165) is 11.3 Å². The zero-order valence-electron chi connectivity index (χ0n) is 18.1. The lowest BCUT2D eigenvalue weighted by atomic mass is 10.2. The summed E-state index contributed by atoms with van der Waals surface area (Å²) in [5.41, 5.74) is 1.25. The first kappa shape index (κ1) is 22.6. The monoisotopic (exact) mass is 438 g/mol. The van der Waals surface area contributed by atoms with Crippen LogP contribution in [-0.4, -0.2) is 56.5 Å². The quantitative estimate of drug-likeness (QED) is 0.412. The van der Waals surface area contributed by atoms with Gasteiger partial charge in [-0.15, -0.1) is 10.2 Å². The number of carbonyl (C=O) groups is 2. The first-order valence-corrected chi connectivity index (χ1v) is 10.9. The minimum absolute atomic E-state index is 0.0999. The van der Waals surface area contributed by atoms with Crippen LogP contribution in [-0.2, 0) is 14.3 Å². The van der Waals surface area contributed by atoms with Crippen LogP contribution in [0.15, 0.2) is 65.8 Å². The summed E-state index contributed by atoms with van der Waals surface area (Å²) in [5, 5.41) is 9.29. The predicted octanol–water partition coefficient (Wildman–Crippen LogP) is 3.83. The van der Waals surface area contributed by atoms with Gasteiger partial charge < -0.3 is 9.64 Å². The van der Waals surface area contributed by atoms with Crippen LogP contribution in [0.25, 0.3) is 17.1 Å². The highest BCUT2D eigenvalue weighted by Gasteiger charge is 2.21. The fourth-order valence-corrected chi connectivity index (χ4v) is 3.73. The molecule has 0 unspecified atom stereocenters. The zero-order chi connectivity index (χ0) is 22.4. The lowest BCUT2D eigenvalue weighted by molar-refractivity contribution is -0.157. The Labute approximate surface area is 186 Å². The molecule has 1 aromatic heterocycles. The van der Waals surface area contributed by atoms with E-state index in [1.54, 1.807) is 27.8 Å². The van der Waals surface area contributed by atoms with E-state index in [0.29, 0.717) is 11.0 Å². The molecule has 1 amide bonds. The summed E-state index contributed by atoms with van der Waals surface area (Å²) in [4.78, 5) is 25.9. The van der Waals surface area contributed by atoms with Gasteiger partial charge in [-0.1, -0.05) is 60.3 Å². The Morgan fingerprint density at radius 1 is 1.00 bits per heavy atom. The Hall–Kier alpha value is -3.13. The molecule has 0 saturated heterocycles. The topological polar surface area (TPSA) is 77.3 Å². The third-order valence-electron chi connectivity index (χ3n) is 4.22. The second-order valence-corrected chi connectivity index (χ2v) is 8.91. The van der Waals surface area contributed by atoms with E-state index in [1.807, 2.05) is 65.2 Å². The number of esters is 1. The molecule has 3 aromatic rings. The molecule has 0 atom stereocenters. The number of thioether (sulfide) groups is 1. The van der Waals surface area contributed by atoms with Crippen molar-refractivity contribution in [2.24, 2.45) is 0 Å². The minimum atomic E-state index is -0.588. The van der Waals surface area contributed by atoms with Gasteiger partial charge in [0, 0.05) is 18.3 Å². The van der Waals surface area contributed by atoms with Gasteiger partial charge in [0.2, 0.25) is 5.91 Å². The van der Waals surface area contributed by atoms with Gasteiger partial charge in [-0.3, -0.25) is 14.2 Å². The van der Waals surface area contributed by atoms with Crippen LogP contribution in [0.2, 0.25) is 0 Å². The molecule has 8 heteroatoms. The Bertz CT molecular complexity index is 1030. The molecule has 0 radical (unpaired) electrons. The van der Waals surface area contributed by atoms with Crippen molar-refractivity contribution >= 4 is 23.6 Å². The molecule has 0 aliphatic carbocycles. The molecule has 0 saturated carbocycles. The van der Waals surface area contributed by atoms with Gasteiger partial charge in [0.05, 0.1) is 5.75 Å². The molecule has 0 N–H and O–H groups in total. The van der Waals surface area contributed by atoms with Crippen molar-refractivity contribution in [3.8, 4) is 17.1 Å². The van der Waals surface area contributed by atoms with Gasteiger partial charge in [-0.25, -0.2) is 0 Å². The summed E-state index contributed by atoms with van der Waals surface area (Å²) in [6.45, 7) is 5.28. The Morgan fingerprint density at radius 2 is 1.61 bits per heavy atom. The third-order valence-corrected chi connectivity index (χ3v) is 5.13. The standard InChI is InChI=1S/C23H26N4O3S/c1-23(2,3)30-20(29)15-26(4)19(28)16-31-22-25-24-21(17-11-7-5-8-12-17)27(22)18-13-9-6-10-14-18/h5-14H,15-16H2,1-4H3. The number of para-hydroxylation sites is 1. The maximum atomic E-state index is 12.6. The van der Waals surface area contributed by atoms with Crippen molar-refractivity contribution < 1.29 is 14.3 Å². The second kappa shape index (κ2) is 9.78. The summed E-state index contributed by atoms with van der Waals surface area (Å²) in [6.07, 6.45) is 0. The maximum absolute atomic E-state index is 12.6. The van der Waals surface area contributed by atoms with Crippen molar-refractivity contribution in [3.63, 3.8) is 0 Å². The highest BCUT2D eigenvalue weighted by Crippen LogP contribution is 2.27. The fraction of sp³-hybridized carbons (Fsp3) is 0.304. The number of nitrogens with zero attached hydrogens (tertiary/aromatic N) is 4. The van der Waals surface area contributed by atoms with Crippen LogP contribution in [0, 0.1) is 0 Å². The average molecular weight is 439 g/mol. The number of hydrogen-bond acceptors (Lipinski definition) is 6. The van der Waals surface area contributed by atoms with E-state index in [-0.39, 0.29) is 18.2 Å². The van der Waals surface area contributed by atoms with E-state index in [9.17, 15) is 9.59 Å². The summed E-state index contributed by atoms with van der Waals surface area (Å²) in [7, 11) is 1.59. The molecule has 0 spiro atoms.